The molecule has 1 heterocycles. The zero-order valence-corrected chi connectivity index (χ0v) is 10.3. The monoisotopic (exact) mass is 238 g/mol. The Morgan fingerprint density at radius 1 is 1.47 bits per heavy atom. The zero-order valence-electron chi connectivity index (χ0n) is 8.69. The number of nitrogen functional groups attached to an aromatic ring is 1. The van der Waals surface area contributed by atoms with Crippen LogP contribution in [0.15, 0.2) is 22.5 Å². The number of unbranched alkanes of at least 4 members (excludes halogenated alkanes) is 1. The van der Waals surface area contributed by atoms with Gasteiger partial charge in [0.25, 0.3) is 0 Å². The average molecular weight is 238 g/mol. The molecule has 0 fully saturated rings. The smallest absolute Gasteiger partial charge is 0.105 e. The van der Waals surface area contributed by atoms with E-state index < -0.39 is 0 Å². The van der Waals surface area contributed by atoms with Gasteiger partial charge in [0.1, 0.15) is 5.52 Å². The maximum Gasteiger partial charge on any atom is 0.105 e. The molecular formula is C11H14N2S2. The third-order valence-electron chi connectivity index (χ3n) is 2.26. The van der Waals surface area contributed by atoms with Crippen molar-refractivity contribution in [3.63, 3.8) is 0 Å². The molecule has 2 N–H and O–H groups in total. The van der Waals surface area contributed by atoms with Crippen molar-refractivity contribution in [1.82, 2.24) is 4.98 Å². The van der Waals surface area contributed by atoms with Gasteiger partial charge in [0, 0.05) is 4.90 Å². The van der Waals surface area contributed by atoms with E-state index in [2.05, 4.69) is 24.0 Å². The van der Waals surface area contributed by atoms with E-state index in [1.54, 1.807) is 11.3 Å². The molecule has 15 heavy (non-hydrogen) atoms. The van der Waals surface area contributed by atoms with Crippen molar-refractivity contribution in [3.8, 4) is 0 Å². The Bertz CT molecular complexity index is 451. The third kappa shape index (κ3) is 2.26. The standard InChI is InChI=1S/C11H14N2S2/c1-2-3-6-14-8-4-5-9-11(10(8)12)13-7-15-9/h4-5,7H,2-3,6,12H2,1H3. The Morgan fingerprint density at radius 3 is 3.13 bits per heavy atom. The molecule has 1 aromatic carbocycles. The van der Waals surface area contributed by atoms with Crippen molar-refractivity contribution in [2.24, 2.45) is 0 Å². The summed E-state index contributed by atoms with van der Waals surface area (Å²) < 4.78 is 1.17. The lowest BCUT2D eigenvalue weighted by Crippen LogP contribution is -1.90. The van der Waals surface area contributed by atoms with Crippen LogP contribution in [0.2, 0.25) is 0 Å². The fourth-order valence-corrected chi connectivity index (χ4v) is 3.15. The summed E-state index contributed by atoms with van der Waals surface area (Å²) in [6, 6.07) is 4.22. The van der Waals surface area contributed by atoms with Crippen LogP contribution in [0.5, 0.6) is 0 Å². The van der Waals surface area contributed by atoms with Crippen molar-refractivity contribution in [1.29, 1.82) is 0 Å². The number of benzene rings is 1. The molecule has 4 heteroatoms. The van der Waals surface area contributed by atoms with Crippen LogP contribution in [0.4, 0.5) is 5.69 Å². The van der Waals surface area contributed by atoms with Crippen LogP contribution in [-0.4, -0.2) is 10.7 Å². The van der Waals surface area contributed by atoms with Gasteiger partial charge in [-0.3, -0.25) is 0 Å². The summed E-state index contributed by atoms with van der Waals surface area (Å²) in [6.07, 6.45) is 2.46. The lowest BCUT2D eigenvalue weighted by Gasteiger charge is -2.04. The number of hydrogen-bond donors (Lipinski definition) is 1. The molecule has 2 rings (SSSR count). The van der Waals surface area contributed by atoms with Crippen molar-refractivity contribution in [2.75, 3.05) is 11.5 Å². The minimum absolute atomic E-state index is 0.842. The van der Waals surface area contributed by atoms with Crippen LogP contribution in [-0.2, 0) is 0 Å². The summed E-state index contributed by atoms with van der Waals surface area (Å²) in [5.74, 6) is 1.14. The molecule has 0 aliphatic carbocycles. The summed E-state index contributed by atoms with van der Waals surface area (Å²) in [6.45, 7) is 2.20. The first-order valence-corrected chi connectivity index (χ1v) is 6.94. The molecule has 0 aliphatic rings. The molecule has 0 atom stereocenters. The quantitative estimate of drug-likeness (QED) is 0.500. The van der Waals surface area contributed by atoms with Crippen molar-refractivity contribution in [2.45, 2.75) is 24.7 Å². The summed E-state index contributed by atoms with van der Waals surface area (Å²) >= 11 is 3.47. The van der Waals surface area contributed by atoms with Gasteiger partial charge in [-0.15, -0.1) is 23.1 Å². The van der Waals surface area contributed by atoms with Crippen LogP contribution in [0.3, 0.4) is 0 Å². The number of thiazole rings is 1. The third-order valence-corrected chi connectivity index (χ3v) is 4.21. The maximum atomic E-state index is 6.07. The van der Waals surface area contributed by atoms with Gasteiger partial charge in [0.2, 0.25) is 0 Å². The molecule has 0 radical (unpaired) electrons. The Labute approximate surface area is 97.9 Å². The predicted octanol–water partition coefficient (Wildman–Crippen LogP) is 3.77. The first-order chi connectivity index (χ1) is 7.33. The molecule has 2 aromatic rings. The SMILES string of the molecule is CCCCSc1ccc2scnc2c1N. The maximum absolute atomic E-state index is 6.07. The number of fused-ring (bicyclic) bond motifs is 1. The van der Waals surface area contributed by atoms with Crippen molar-refractivity contribution >= 4 is 39.0 Å². The lowest BCUT2D eigenvalue weighted by atomic mass is 10.3. The highest BCUT2D eigenvalue weighted by Gasteiger charge is 2.06. The van der Waals surface area contributed by atoms with Crippen LogP contribution in [0, 0.1) is 0 Å². The highest BCUT2D eigenvalue weighted by Crippen LogP contribution is 2.33. The van der Waals surface area contributed by atoms with E-state index in [-0.39, 0.29) is 0 Å². The molecule has 0 aliphatic heterocycles. The number of hydrogen-bond acceptors (Lipinski definition) is 4. The summed E-state index contributed by atoms with van der Waals surface area (Å²) in [4.78, 5) is 5.46. The van der Waals surface area contributed by atoms with E-state index in [1.165, 1.54) is 22.4 Å². The molecular weight excluding hydrogens is 224 g/mol. The number of rotatable bonds is 4. The van der Waals surface area contributed by atoms with E-state index in [0.29, 0.717) is 0 Å². The van der Waals surface area contributed by atoms with Gasteiger partial charge >= 0.3 is 0 Å². The van der Waals surface area contributed by atoms with Gasteiger partial charge in [-0.05, 0) is 24.3 Å². The summed E-state index contributed by atoms with van der Waals surface area (Å²) in [7, 11) is 0. The molecule has 0 bridgehead atoms. The average Bonchev–Trinajstić information content (AvgIpc) is 2.70. The molecule has 0 saturated heterocycles. The lowest BCUT2D eigenvalue weighted by molar-refractivity contribution is 0.896. The number of nitrogens with two attached hydrogens (primary N) is 1. The van der Waals surface area contributed by atoms with Crippen LogP contribution in [0.1, 0.15) is 19.8 Å². The Hall–Kier alpha value is -0.740. The molecule has 80 valence electrons. The van der Waals surface area contributed by atoms with E-state index in [9.17, 15) is 0 Å². The first kappa shape index (κ1) is 10.8. The minimum Gasteiger partial charge on any atom is -0.396 e. The van der Waals surface area contributed by atoms with Crippen LogP contribution >= 0.6 is 23.1 Å². The Kier molecular flexibility index (Phi) is 3.49. The van der Waals surface area contributed by atoms with Gasteiger partial charge in [-0.25, -0.2) is 4.98 Å². The van der Waals surface area contributed by atoms with Crippen LogP contribution < -0.4 is 5.73 Å². The van der Waals surface area contributed by atoms with E-state index in [4.69, 9.17) is 5.73 Å². The minimum atomic E-state index is 0.842. The summed E-state index contributed by atoms with van der Waals surface area (Å²) in [5.41, 5.74) is 9.72. The number of aromatic nitrogens is 1. The molecule has 0 amide bonds. The molecule has 0 spiro atoms. The fraction of sp³-hybridized carbons (Fsp3) is 0.364. The number of nitrogens with zero attached hydrogens (tertiary/aromatic N) is 1. The first-order valence-electron chi connectivity index (χ1n) is 5.07. The number of thioether (sulfide) groups is 1. The largest absolute Gasteiger partial charge is 0.396 e. The topological polar surface area (TPSA) is 38.9 Å². The second kappa shape index (κ2) is 4.86. The zero-order chi connectivity index (χ0) is 10.7. The van der Waals surface area contributed by atoms with E-state index in [1.807, 2.05) is 17.3 Å². The Balaban J connectivity index is 2.23. The van der Waals surface area contributed by atoms with Crippen molar-refractivity contribution in [3.05, 3.63) is 17.6 Å². The molecule has 2 nitrogen and oxygen atoms in total. The second-order valence-corrected chi connectivity index (χ2v) is 5.40. The number of anilines is 1. The van der Waals surface area contributed by atoms with Gasteiger partial charge in [0.15, 0.2) is 0 Å². The fourth-order valence-electron chi connectivity index (χ4n) is 1.39. The van der Waals surface area contributed by atoms with E-state index >= 15 is 0 Å². The molecule has 0 unspecified atom stereocenters. The molecule has 0 saturated carbocycles. The van der Waals surface area contributed by atoms with Gasteiger partial charge in [0.05, 0.1) is 15.9 Å². The van der Waals surface area contributed by atoms with Gasteiger partial charge < -0.3 is 5.73 Å². The van der Waals surface area contributed by atoms with Crippen LogP contribution in [0.25, 0.3) is 10.2 Å². The molecule has 1 aromatic heterocycles. The second-order valence-electron chi connectivity index (χ2n) is 3.38. The van der Waals surface area contributed by atoms with Gasteiger partial charge in [-0.1, -0.05) is 13.3 Å². The highest BCUT2D eigenvalue weighted by molar-refractivity contribution is 7.99. The van der Waals surface area contributed by atoms with Gasteiger partial charge in [-0.2, -0.15) is 0 Å². The summed E-state index contributed by atoms with van der Waals surface area (Å²) in [5, 5.41) is 0. The van der Waals surface area contributed by atoms with E-state index in [0.717, 1.165) is 17.0 Å². The normalized spacial score (nSPS) is 11.0. The van der Waals surface area contributed by atoms with Crippen molar-refractivity contribution < 1.29 is 0 Å². The Morgan fingerprint density at radius 2 is 2.33 bits per heavy atom. The highest BCUT2D eigenvalue weighted by atomic mass is 32.2. The predicted molar refractivity (Wildman–Crippen MR) is 69.7 cm³/mol.